The van der Waals surface area contributed by atoms with Gasteiger partial charge in [0.1, 0.15) is 0 Å². The molecule has 0 amide bonds. The van der Waals surface area contributed by atoms with Crippen LogP contribution in [0.4, 0.5) is 0 Å². The van der Waals surface area contributed by atoms with Crippen molar-refractivity contribution in [3.05, 3.63) is 0 Å². The Morgan fingerprint density at radius 2 is 1.60 bits per heavy atom. The van der Waals surface area contributed by atoms with Gasteiger partial charge in [-0.25, -0.2) is 0 Å². The Labute approximate surface area is 65.0 Å². The molecular formula is C10H20. The number of hydrogen-bond acceptors (Lipinski definition) is 0. The molecule has 0 spiro atoms. The van der Waals surface area contributed by atoms with E-state index in [1.54, 1.807) is 12.8 Å². The van der Waals surface area contributed by atoms with Gasteiger partial charge in [-0.05, 0) is 30.6 Å². The molecule has 0 heteroatoms. The summed E-state index contributed by atoms with van der Waals surface area (Å²) in [5.41, 5.74) is 0. The Hall–Kier alpha value is 0. The highest BCUT2D eigenvalue weighted by Crippen LogP contribution is 2.58. The third-order valence-electron chi connectivity index (χ3n) is 3.06. The van der Waals surface area contributed by atoms with E-state index in [1.165, 1.54) is 30.6 Å². The lowest BCUT2D eigenvalue weighted by molar-refractivity contribution is 0.575. The van der Waals surface area contributed by atoms with E-state index in [0.717, 1.165) is 0 Å². The Morgan fingerprint density at radius 3 is 1.90 bits per heavy atom. The number of hydrogen-bond donors (Lipinski definition) is 0. The van der Waals surface area contributed by atoms with Gasteiger partial charge in [0.2, 0.25) is 0 Å². The van der Waals surface area contributed by atoms with Gasteiger partial charge in [-0.15, -0.1) is 0 Å². The fraction of sp³-hybridized carbons (Fsp3) is 1.00. The maximum absolute atomic E-state index is 2.34. The molecule has 0 N–H and O–H groups in total. The van der Waals surface area contributed by atoms with Gasteiger partial charge in [-0.1, -0.05) is 33.6 Å². The molecule has 0 aromatic rings. The lowest BCUT2D eigenvalue weighted by Gasteiger charge is -1.94. The van der Waals surface area contributed by atoms with Crippen molar-refractivity contribution < 1.29 is 0 Å². The predicted octanol–water partition coefficient (Wildman–Crippen LogP) is 3.47. The maximum atomic E-state index is 2.34. The predicted molar refractivity (Wildman–Crippen MR) is 46.0 cm³/mol. The van der Waals surface area contributed by atoms with Gasteiger partial charge in [0.05, 0.1) is 0 Å². The monoisotopic (exact) mass is 140 g/mol. The second kappa shape index (κ2) is 3.41. The molecule has 2 fully saturated rings. The first-order chi connectivity index (χ1) is 4.93. The molecule has 2 saturated carbocycles. The molecule has 60 valence electrons. The van der Waals surface area contributed by atoms with Crippen LogP contribution in [-0.4, -0.2) is 0 Å². The molecule has 2 atom stereocenters. The molecule has 2 rings (SSSR count). The van der Waals surface area contributed by atoms with E-state index in [1.807, 2.05) is 13.8 Å². The minimum Gasteiger partial charge on any atom is -0.0683 e. The van der Waals surface area contributed by atoms with Gasteiger partial charge in [0, 0.05) is 0 Å². The van der Waals surface area contributed by atoms with Crippen LogP contribution in [0, 0.1) is 17.8 Å². The molecule has 0 radical (unpaired) electrons. The molecule has 2 aliphatic rings. The highest BCUT2D eigenvalue weighted by molar-refractivity contribution is 4.99. The summed E-state index contributed by atoms with van der Waals surface area (Å²) in [6.07, 6.45) is 6.10. The van der Waals surface area contributed by atoms with Crippen molar-refractivity contribution in [1.82, 2.24) is 0 Å². The van der Waals surface area contributed by atoms with Crippen molar-refractivity contribution in [3.8, 4) is 0 Å². The Kier molecular flexibility index (Phi) is 2.76. The molecule has 10 heavy (non-hydrogen) atoms. The first-order valence-corrected chi connectivity index (χ1v) is 4.93. The Bertz CT molecular complexity index is 79.5. The molecule has 0 aromatic carbocycles. The summed E-state index contributed by atoms with van der Waals surface area (Å²) in [6.45, 7) is 6.34. The summed E-state index contributed by atoms with van der Waals surface area (Å²) in [5.74, 6) is 3.56. The summed E-state index contributed by atoms with van der Waals surface area (Å²) < 4.78 is 0. The van der Waals surface area contributed by atoms with E-state index in [0.29, 0.717) is 0 Å². The fourth-order valence-corrected chi connectivity index (χ4v) is 2.58. The lowest BCUT2D eigenvalue weighted by Crippen LogP contribution is -1.82. The topological polar surface area (TPSA) is 0 Å². The van der Waals surface area contributed by atoms with E-state index >= 15 is 0 Å². The average molecular weight is 140 g/mol. The van der Waals surface area contributed by atoms with Crippen LogP contribution in [0.3, 0.4) is 0 Å². The van der Waals surface area contributed by atoms with Crippen LogP contribution in [0.1, 0.15) is 46.5 Å². The van der Waals surface area contributed by atoms with Crippen molar-refractivity contribution >= 4 is 0 Å². The zero-order chi connectivity index (χ0) is 7.56. The number of fused-ring (bicyclic) bond motifs is 1. The molecule has 0 nitrogen and oxygen atoms in total. The van der Waals surface area contributed by atoms with Crippen LogP contribution in [-0.2, 0) is 0 Å². The van der Waals surface area contributed by atoms with E-state index in [9.17, 15) is 0 Å². The van der Waals surface area contributed by atoms with Crippen molar-refractivity contribution in [1.29, 1.82) is 0 Å². The standard InChI is InChI=1S/C8H14.C2H6/c1-2-6-7-4-3-5-8(6)7;1-2/h6-8H,2-5H2,1H3;1-2H3. The van der Waals surface area contributed by atoms with Gasteiger partial charge in [0.15, 0.2) is 0 Å². The highest BCUT2D eigenvalue weighted by Gasteiger charge is 2.50. The van der Waals surface area contributed by atoms with E-state index in [2.05, 4.69) is 6.92 Å². The summed E-state index contributed by atoms with van der Waals surface area (Å²) in [5, 5.41) is 0. The molecule has 0 bridgehead atoms. The SMILES string of the molecule is CC.CCC1C2CCCC12. The minimum atomic E-state index is 1.17. The molecule has 2 aliphatic carbocycles. The van der Waals surface area contributed by atoms with Crippen LogP contribution in [0.2, 0.25) is 0 Å². The highest BCUT2D eigenvalue weighted by atomic mass is 14.6. The summed E-state index contributed by atoms with van der Waals surface area (Å²) >= 11 is 0. The quantitative estimate of drug-likeness (QED) is 0.523. The smallest absolute Gasteiger partial charge is 0.0352 e. The van der Waals surface area contributed by atoms with Crippen LogP contribution in [0.15, 0.2) is 0 Å². The second-order valence-electron chi connectivity index (χ2n) is 3.33. The van der Waals surface area contributed by atoms with Crippen molar-refractivity contribution in [2.24, 2.45) is 17.8 Å². The van der Waals surface area contributed by atoms with Gasteiger partial charge in [-0.2, -0.15) is 0 Å². The van der Waals surface area contributed by atoms with E-state index in [-0.39, 0.29) is 0 Å². The molecule has 2 unspecified atom stereocenters. The normalized spacial score (nSPS) is 41.7. The van der Waals surface area contributed by atoms with Gasteiger partial charge in [0.25, 0.3) is 0 Å². The van der Waals surface area contributed by atoms with Crippen molar-refractivity contribution in [2.75, 3.05) is 0 Å². The summed E-state index contributed by atoms with van der Waals surface area (Å²) in [4.78, 5) is 0. The third-order valence-corrected chi connectivity index (χ3v) is 3.06. The zero-order valence-electron chi connectivity index (χ0n) is 7.56. The van der Waals surface area contributed by atoms with Crippen molar-refractivity contribution in [3.63, 3.8) is 0 Å². The van der Waals surface area contributed by atoms with Gasteiger partial charge >= 0.3 is 0 Å². The van der Waals surface area contributed by atoms with Crippen LogP contribution < -0.4 is 0 Å². The maximum Gasteiger partial charge on any atom is -0.0352 e. The van der Waals surface area contributed by atoms with Crippen LogP contribution in [0.5, 0.6) is 0 Å². The van der Waals surface area contributed by atoms with Crippen molar-refractivity contribution in [2.45, 2.75) is 46.5 Å². The third kappa shape index (κ3) is 1.21. The number of rotatable bonds is 1. The fourth-order valence-electron chi connectivity index (χ4n) is 2.58. The van der Waals surface area contributed by atoms with Gasteiger partial charge < -0.3 is 0 Å². The average Bonchev–Trinajstić information content (AvgIpc) is 2.45. The van der Waals surface area contributed by atoms with Crippen LogP contribution >= 0.6 is 0 Å². The van der Waals surface area contributed by atoms with E-state index < -0.39 is 0 Å². The molecule has 0 saturated heterocycles. The first-order valence-electron chi connectivity index (χ1n) is 4.93. The second-order valence-corrected chi connectivity index (χ2v) is 3.33. The first kappa shape index (κ1) is 8.10. The lowest BCUT2D eigenvalue weighted by atomic mass is 10.1. The molecular weight excluding hydrogens is 120 g/mol. The van der Waals surface area contributed by atoms with E-state index in [4.69, 9.17) is 0 Å². The largest absolute Gasteiger partial charge is 0.0683 e. The van der Waals surface area contributed by atoms with Crippen LogP contribution in [0.25, 0.3) is 0 Å². The zero-order valence-corrected chi connectivity index (χ0v) is 7.56. The Balaban J connectivity index is 0.000000231. The summed E-state index contributed by atoms with van der Waals surface area (Å²) in [7, 11) is 0. The molecule has 0 heterocycles. The Morgan fingerprint density at radius 1 is 1.10 bits per heavy atom. The molecule has 0 aliphatic heterocycles. The molecule has 0 aromatic heterocycles. The minimum absolute atomic E-state index is 1.17. The van der Waals surface area contributed by atoms with Gasteiger partial charge in [-0.3, -0.25) is 0 Å². The summed E-state index contributed by atoms with van der Waals surface area (Å²) in [6, 6.07) is 0.